The average Bonchev–Trinajstić information content (AvgIpc) is 2.78. The number of aliphatic hydroxyl groups is 1. The number of nitrogens with one attached hydrogen (secondary N) is 2. The highest BCUT2D eigenvalue weighted by molar-refractivity contribution is 7.99. The standard InChI is InChI=1S/C12H17N3O2S/c1-13-6-8(16)7-18-12-14-10-4-3-9(17-2)5-11(10)15-12/h3-5,8,13,16H,6-7H2,1-2H3,(H,14,15). The predicted octanol–water partition coefficient (Wildman–Crippen LogP) is 1.24. The maximum atomic E-state index is 9.62. The topological polar surface area (TPSA) is 70.2 Å². The molecule has 0 saturated carbocycles. The van der Waals surface area contributed by atoms with Gasteiger partial charge in [-0.2, -0.15) is 0 Å². The number of aromatic nitrogens is 2. The van der Waals surface area contributed by atoms with Crippen LogP contribution in [0.2, 0.25) is 0 Å². The number of H-pyrrole nitrogens is 1. The first-order valence-corrected chi connectivity index (χ1v) is 6.70. The van der Waals surface area contributed by atoms with Crippen molar-refractivity contribution in [3.05, 3.63) is 18.2 Å². The Morgan fingerprint density at radius 3 is 3.11 bits per heavy atom. The fourth-order valence-corrected chi connectivity index (χ4v) is 2.44. The van der Waals surface area contributed by atoms with Gasteiger partial charge in [0.2, 0.25) is 0 Å². The van der Waals surface area contributed by atoms with Gasteiger partial charge in [-0.05, 0) is 19.2 Å². The normalized spacial score (nSPS) is 12.8. The number of imidazole rings is 1. The zero-order valence-corrected chi connectivity index (χ0v) is 11.3. The predicted molar refractivity (Wildman–Crippen MR) is 73.3 cm³/mol. The lowest BCUT2D eigenvalue weighted by molar-refractivity contribution is 0.199. The van der Waals surface area contributed by atoms with Crippen molar-refractivity contribution in [3.63, 3.8) is 0 Å². The quantitative estimate of drug-likeness (QED) is 0.687. The number of hydrogen-bond acceptors (Lipinski definition) is 5. The number of fused-ring (bicyclic) bond motifs is 1. The smallest absolute Gasteiger partial charge is 0.166 e. The second-order valence-corrected chi connectivity index (χ2v) is 4.96. The van der Waals surface area contributed by atoms with Gasteiger partial charge in [0, 0.05) is 18.4 Å². The van der Waals surface area contributed by atoms with Crippen LogP contribution in [0.4, 0.5) is 0 Å². The Kier molecular flexibility index (Phi) is 4.46. The first-order chi connectivity index (χ1) is 8.72. The number of nitrogens with zero attached hydrogens (tertiary/aromatic N) is 1. The molecule has 1 aromatic carbocycles. The van der Waals surface area contributed by atoms with Gasteiger partial charge < -0.3 is 20.1 Å². The van der Waals surface area contributed by atoms with Gasteiger partial charge >= 0.3 is 0 Å². The van der Waals surface area contributed by atoms with Crippen LogP contribution in [0.3, 0.4) is 0 Å². The highest BCUT2D eigenvalue weighted by atomic mass is 32.2. The molecule has 0 aliphatic carbocycles. The van der Waals surface area contributed by atoms with Crippen molar-refractivity contribution in [1.82, 2.24) is 15.3 Å². The van der Waals surface area contributed by atoms with Crippen LogP contribution in [0.1, 0.15) is 0 Å². The summed E-state index contributed by atoms with van der Waals surface area (Å²) in [5, 5.41) is 13.4. The summed E-state index contributed by atoms with van der Waals surface area (Å²) in [4.78, 5) is 7.65. The summed E-state index contributed by atoms with van der Waals surface area (Å²) in [6, 6.07) is 5.71. The minimum atomic E-state index is -0.372. The fourth-order valence-electron chi connectivity index (χ4n) is 1.63. The van der Waals surface area contributed by atoms with Gasteiger partial charge in [0.05, 0.1) is 24.2 Å². The molecule has 2 rings (SSSR count). The van der Waals surface area contributed by atoms with E-state index >= 15 is 0 Å². The monoisotopic (exact) mass is 267 g/mol. The fraction of sp³-hybridized carbons (Fsp3) is 0.417. The van der Waals surface area contributed by atoms with Gasteiger partial charge in [-0.1, -0.05) is 11.8 Å². The molecule has 5 nitrogen and oxygen atoms in total. The summed E-state index contributed by atoms with van der Waals surface area (Å²) >= 11 is 1.51. The van der Waals surface area contributed by atoms with Crippen molar-refractivity contribution in [2.45, 2.75) is 11.3 Å². The molecular weight excluding hydrogens is 250 g/mol. The van der Waals surface area contributed by atoms with Gasteiger partial charge in [-0.3, -0.25) is 0 Å². The lowest BCUT2D eigenvalue weighted by atomic mass is 10.3. The van der Waals surface area contributed by atoms with E-state index in [9.17, 15) is 5.11 Å². The Labute approximate surface area is 110 Å². The Hall–Kier alpha value is -1.24. The van der Waals surface area contributed by atoms with Crippen LogP contribution in [0, 0.1) is 0 Å². The molecule has 0 saturated heterocycles. The Balaban J connectivity index is 2.05. The molecule has 3 N–H and O–H groups in total. The molecule has 0 fully saturated rings. The maximum absolute atomic E-state index is 9.62. The summed E-state index contributed by atoms with van der Waals surface area (Å²) in [5.74, 6) is 1.41. The summed E-state index contributed by atoms with van der Waals surface area (Å²) in [7, 11) is 3.46. The van der Waals surface area contributed by atoms with Gasteiger partial charge in [0.15, 0.2) is 5.16 Å². The van der Waals surface area contributed by atoms with E-state index in [0.29, 0.717) is 12.3 Å². The maximum Gasteiger partial charge on any atom is 0.166 e. The van der Waals surface area contributed by atoms with E-state index in [0.717, 1.165) is 21.9 Å². The average molecular weight is 267 g/mol. The van der Waals surface area contributed by atoms with Crippen LogP contribution in [0.15, 0.2) is 23.4 Å². The number of hydrogen-bond donors (Lipinski definition) is 3. The Morgan fingerprint density at radius 1 is 1.56 bits per heavy atom. The second kappa shape index (κ2) is 6.08. The molecule has 1 heterocycles. The number of aromatic amines is 1. The van der Waals surface area contributed by atoms with Crippen LogP contribution >= 0.6 is 11.8 Å². The lowest BCUT2D eigenvalue weighted by Crippen LogP contribution is -2.25. The molecule has 0 bridgehead atoms. The molecule has 0 spiro atoms. The molecule has 2 aromatic rings. The summed E-state index contributed by atoms with van der Waals surface area (Å²) < 4.78 is 5.16. The van der Waals surface area contributed by atoms with Crippen molar-refractivity contribution in [1.29, 1.82) is 0 Å². The van der Waals surface area contributed by atoms with Crippen LogP contribution in [0.25, 0.3) is 11.0 Å². The molecule has 18 heavy (non-hydrogen) atoms. The third-order valence-electron chi connectivity index (χ3n) is 2.52. The van der Waals surface area contributed by atoms with Gasteiger partial charge in [-0.15, -0.1) is 0 Å². The minimum absolute atomic E-state index is 0.372. The molecular formula is C12H17N3O2S. The summed E-state index contributed by atoms with van der Waals surface area (Å²) in [6.07, 6.45) is -0.372. The lowest BCUT2D eigenvalue weighted by Gasteiger charge is -2.07. The van der Waals surface area contributed by atoms with Crippen molar-refractivity contribution in [2.24, 2.45) is 0 Å². The summed E-state index contributed by atoms with van der Waals surface area (Å²) in [6.45, 7) is 0.584. The van der Waals surface area contributed by atoms with Gasteiger partial charge in [0.1, 0.15) is 5.75 Å². The highest BCUT2D eigenvalue weighted by Crippen LogP contribution is 2.23. The molecule has 6 heteroatoms. The van der Waals surface area contributed by atoms with E-state index in [1.807, 2.05) is 25.2 Å². The third-order valence-corrected chi connectivity index (χ3v) is 3.54. The van der Waals surface area contributed by atoms with Crippen molar-refractivity contribution in [2.75, 3.05) is 26.5 Å². The van der Waals surface area contributed by atoms with Crippen molar-refractivity contribution in [3.8, 4) is 5.75 Å². The molecule has 0 amide bonds. The van der Waals surface area contributed by atoms with E-state index < -0.39 is 0 Å². The zero-order valence-electron chi connectivity index (χ0n) is 10.4. The third kappa shape index (κ3) is 3.16. The number of likely N-dealkylation sites (N-methyl/N-ethyl adjacent to an activating group) is 1. The Bertz CT molecular complexity index is 515. The largest absolute Gasteiger partial charge is 0.497 e. The number of thioether (sulfide) groups is 1. The van der Waals surface area contributed by atoms with Crippen LogP contribution < -0.4 is 10.1 Å². The molecule has 1 unspecified atom stereocenters. The van der Waals surface area contributed by atoms with Crippen LogP contribution in [-0.4, -0.2) is 47.6 Å². The first-order valence-electron chi connectivity index (χ1n) is 5.72. The number of aliphatic hydroxyl groups excluding tert-OH is 1. The van der Waals surface area contributed by atoms with Crippen molar-refractivity contribution < 1.29 is 9.84 Å². The SMILES string of the molecule is CNCC(O)CSc1nc2ccc(OC)cc2[nH]1. The number of ether oxygens (including phenoxy) is 1. The van der Waals surface area contributed by atoms with Crippen molar-refractivity contribution >= 4 is 22.8 Å². The van der Waals surface area contributed by atoms with Gasteiger partial charge in [0.25, 0.3) is 0 Å². The van der Waals surface area contributed by atoms with Crippen LogP contribution in [0.5, 0.6) is 5.75 Å². The molecule has 1 aromatic heterocycles. The van der Waals surface area contributed by atoms with E-state index in [2.05, 4.69) is 15.3 Å². The van der Waals surface area contributed by atoms with E-state index in [1.54, 1.807) is 7.11 Å². The zero-order chi connectivity index (χ0) is 13.0. The molecule has 1 atom stereocenters. The number of methoxy groups -OCH3 is 1. The summed E-state index contributed by atoms with van der Waals surface area (Å²) in [5.41, 5.74) is 1.85. The number of rotatable bonds is 6. The molecule has 0 aliphatic heterocycles. The molecule has 98 valence electrons. The van der Waals surface area contributed by atoms with Gasteiger partial charge in [-0.25, -0.2) is 4.98 Å². The van der Waals surface area contributed by atoms with E-state index in [4.69, 9.17) is 4.74 Å². The Morgan fingerprint density at radius 2 is 2.39 bits per heavy atom. The first kappa shape index (κ1) is 13.2. The number of benzene rings is 1. The second-order valence-electron chi connectivity index (χ2n) is 3.95. The van der Waals surface area contributed by atoms with E-state index in [1.165, 1.54) is 11.8 Å². The highest BCUT2D eigenvalue weighted by Gasteiger charge is 2.08. The molecule has 0 aliphatic rings. The molecule has 0 radical (unpaired) electrons. The van der Waals surface area contributed by atoms with E-state index in [-0.39, 0.29) is 6.10 Å². The minimum Gasteiger partial charge on any atom is -0.497 e. The van der Waals surface area contributed by atoms with Crippen LogP contribution in [-0.2, 0) is 0 Å².